The van der Waals surface area contributed by atoms with Gasteiger partial charge in [0.15, 0.2) is 0 Å². The highest BCUT2D eigenvalue weighted by molar-refractivity contribution is 6.44. The molecule has 1 aromatic carbocycles. The van der Waals surface area contributed by atoms with Gasteiger partial charge < -0.3 is 0 Å². The summed E-state index contributed by atoms with van der Waals surface area (Å²) < 4.78 is 0. The van der Waals surface area contributed by atoms with Gasteiger partial charge in [-0.1, -0.05) is 34.8 Å². The Hall–Kier alpha value is -0.700. The number of halogens is 3. The van der Waals surface area contributed by atoms with E-state index in [9.17, 15) is 0 Å². The molecule has 0 spiro atoms. The van der Waals surface area contributed by atoms with Gasteiger partial charge >= 0.3 is 0 Å². The second kappa shape index (κ2) is 3.81. The summed E-state index contributed by atoms with van der Waals surface area (Å²) in [5, 5.41) is 8.10. The van der Waals surface area contributed by atoms with Gasteiger partial charge in [-0.05, 0) is 18.2 Å². The predicted molar refractivity (Wildman–Crippen MR) is 59.1 cm³/mol. The van der Waals surface area contributed by atoms with E-state index in [4.69, 9.17) is 34.8 Å². The Balaban J connectivity index is 2.60. The van der Waals surface area contributed by atoms with Crippen LogP contribution in [0.3, 0.4) is 0 Å². The molecule has 1 heterocycles. The Bertz CT molecular complexity index is 451. The second-order valence-corrected chi connectivity index (χ2v) is 3.94. The Kier molecular flexibility index (Phi) is 2.68. The fourth-order valence-corrected chi connectivity index (χ4v) is 1.78. The fraction of sp³-hybridized carbons (Fsp3) is 0. The molecular formula is C9H5Cl3N2. The molecule has 0 saturated carbocycles. The molecule has 0 aliphatic heterocycles. The number of hydrogen-bond acceptors (Lipinski definition) is 1. The molecule has 2 nitrogen and oxygen atoms in total. The van der Waals surface area contributed by atoms with E-state index >= 15 is 0 Å². The summed E-state index contributed by atoms with van der Waals surface area (Å²) in [4.78, 5) is 0. The highest BCUT2D eigenvalue weighted by Gasteiger charge is 2.08. The van der Waals surface area contributed by atoms with Crippen LogP contribution in [0.25, 0.3) is 11.3 Å². The molecule has 0 saturated heterocycles. The molecule has 5 heteroatoms. The standard InChI is InChI=1S/C9H5Cl3N2/c10-6-4-8(12)7(11)3-5(6)9-1-2-13-14-9/h1-4H,(H,13,14). The predicted octanol–water partition coefficient (Wildman–Crippen LogP) is 4.04. The molecule has 14 heavy (non-hydrogen) atoms. The van der Waals surface area contributed by atoms with Gasteiger partial charge in [-0.3, -0.25) is 5.10 Å². The average Bonchev–Trinajstić information content (AvgIpc) is 2.64. The zero-order valence-electron chi connectivity index (χ0n) is 6.89. The molecule has 0 radical (unpaired) electrons. The van der Waals surface area contributed by atoms with Crippen molar-refractivity contribution in [3.8, 4) is 11.3 Å². The molecule has 1 N–H and O–H groups in total. The molecule has 72 valence electrons. The molecule has 0 aliphatic carbocycles. The van der Waals surface area contributed by atoms with Crippen molar-refractivity contribution in [2.24, 2.45) is 0 Å². The van der Waals surface area contributed by atoms with Gasteiger partial charge in [0.05, 0.1) is 20.8 Å². The molecule has 0 aliphatic rings. The third kappa shape index (κ3) is 1.73. The van der Waals surface area contributed by atoms with Crippen LogP contribution in [0.1, 0.15) is 0 Å². The van der Waals surface area contributed by atoms with Crippen LogP contribution in [0.2, 0.25) is 15.1 Å². The van der Waals surface area contributed by atoms with E-state index in [1.807, 2.05) is 6.07 Å². The van der Waals surface area contributed by atoms with E-state index in [0.717, 1.165) is 11.3 Å². The minimum atomic E-state index is 0.444. The third-order valence-electron chi connectivity index (χ3n) is 1.80. The van der Waals surface area contributed by atoms with Crippen molar-refractivity contribution in [2.75, 3.05) is 0 Å². The first-order valence-corrected chi connectivity index (χ1v) is 4.96. The Morgan fingerprint density at radius 1 is 1.00 bits per heavy atom. The van der Waals surface area contributed by atoms with E-state index in [1.165, 1.54) is 0 Å². The largest absolute Gasteiger partial charge is 0.278 e. The zero-order valence-corrected chi connectivity index (χ0v) is 9.16. The van der Waals surface area contributed by atoms with Crippen molar-refractivity contribution in [3.05, 3.63) is 39.5 Å². The minimum absolute atomic E-state index is 0.444. The maximum absolute atomic E-state index is 6.00. The summed E-state index contributed by atoms with van der Waals surface area (Å²) in [5.74, 6) is 0. The highest BCUT2D eigenvalue weighted by atomic mass is 35.5. The first kappa shape index (κ1) is 9.84. The molecule has 0 fully saturated rings. The number of aromatic amines is 1. The number of nitrogens with one attached hydrogen (secondary N) is 1. The van der Waals surface area contributed by atoms with Gasteiger partial charge in [0.25, 0.3) is 0 Å². The Morgan fingerprint density at radius 3 is 2.36 bits per heavy atom. The first-order chi connectivity index (χ1) is 6.68. The summed E-state index contributed by atoms with van der Waals surface area (Å²) in [5.41, 5.74) is 1.60. The van der Waals surface area contributed by atoms with E-state index in [1.54, 1.807) is 18.3 Å². The van der Waals surface area contributed by atoms with E-state index in [0.29, 0.717) is 15.1 Å². The normalized spacial score (nSPS) is 10.5. The fourth-order valence-electron chi connectivity index (χ4n) is 1.13. The molecule has 2 aromatic rings. The summed E-state index contributed by atoms with van der Waals surface area (Å²) in [6, 6.07) is 5.13. The van der Waals surface area contributed by atoms with Crippen molar-refractivity contribution < 1.29 is 0 Å². The molecule has 1 aromatic heterocycles. The summed E-state index contributed by atoms with van der Waals surface area (Å²) in [6.45, 7) is 0. The number of hydrogen-bond donors (Lipinski definition) is 1. The van der Waals surface area contributed by atoms with Crippen molar-refractivity contribution in [1.82, 2.24) is 10.2 Å². The molecule has 0 amide bonds. The van der Waals surface area contributed by atoms with Crippen LogP contribution in [0.15, 0.2) is 24.4 Å². The lowest BCUT2D eigenvalue weighted by Gasteiger charge is -2.03. The topological polar surface area (TPSA) is 28.7 Å². The Labute approximate surface area is 95.8 Å². The van der Waals surface area contributed by atoms with Crippen LogP contribution in [-0.4, -0.2) is 10.2 Å². The van der Waals surface area contributed by atoms with Gasteiger partial charge in [-0.15, -0.1) is 0 Å². The lowest BCUT2D eigenvalue weighted by Crippen LogP contribution is -1.81. The molecule has 2 rings (SSSR count). The van der Waals surface area contributed by atoms with Crippen molar-refractivity contribution in [1.29, 1.82) is 0 Å². The van der Waals surface area contributed by atoms with Crippen molar-refractivity contribution >= 4 is 34.8 Å². The number of aromatic nitrogens is 2. The van der Waals surface area contributed by atoms with Gasteiger partial charge in [0, 0.05) is 11.8 Å². The number of benzene rings is 1. The highest BCUT2D eigenvalue weighted by Crippen LogP contribution is 2.34. The van der Waals surface area contributed by atoms with Gasteiger partial charge in [0.1, 0.15) is 0 Å². The van der Waals surface area contributed by atoms with Crippen molar-refractivity contribution in [2.45, 2.75) is 0 Å². The van der Waals surface area contributed by atoms with E-state index in [-0.39, 0.29) is 0 Å². The molecule has 0 unspecified atom stereocenters. The number of rotatable bonds is 1. The van der Waals surface area contributed by atoms with Gasteiger partial charge in [-0.25, -0.2) is 0 Å². The van der Waals surface area contributed by atoms with Crippen LogP contribution in [0, 0.1) is 0 Å². The summed E-state index contributed by atoms with van der Waals surface area (Å²) >= 11 is 17.7. The molecular weight excluding hydrogens is 242 g/mol. The van der Waals surface area contributed by atoms with Crippen LogP contribution < -0.4 is 0 Å². The molecule has 0 atom stereocenters. The maximum atomic E-state index is 6.00. The Morgan fingerprint density at radius 2 is 1.71 bits per heavy atom. The van der Waals surface area contributed by atoms with Gasteiger partial charge in [-0.2, -0.15) is 5.10 Å². The second-order valence-electron chi connectivity index (χ2n) is 2.72. The smallest absolute Gasteiger partial charge is 0.0665 e. The maximum Gasteiger partial charge on any atom is 0.0665 e. The lowest BCUT2D eigenvalue weighted by molar-refractivity contribution is 1.10. The number of nitrogens with zero attached hydrogens (tertiary/aromatic N) is 1. The zero-order chi connectivity index (χ0) is 10.1. The van der Waals surface area contributed by atoms with Crippen LogP contribution in [-0.2, 0) is 0 Å². The van der Waals surface area contributed by atoms with Crippen LogP contribution in [0.5, 0.6) is 0 Å². The summed E-state index contributed by atoms with van der Waals surface area (Å²) in [6.07, 6.45) is 1.65. The third-order valence-corrected chi connectivity index (χ3v) is 2.84. The van der Waals surface area contributed by atoms with Crippen LogP contribution in [0.4, 0.5) is 0 Å². The van der Waals surface area contributed by atoms with E-state index < -0.39 is 0 Å². The molecule has 0 bridgehead atoms. The van der Waals surface area contributed by atoms with Crippen LogP contribution >= 0.6 is 34.8 Å². The summed E-state index contributed by atoms with van der Waals surface area (Å²) in [7, 11) is 0. The van der Waals surface area contributed by atoms with E-state index in [2.05, 4.69) is 10.2 Å². The van der Waals surface area contributed by atoms with Gasteiger partial charge in [0.2, 0.25) is 0 Å². The minimum Gasteiger partial charge on any atom is -0.278 e. The quantitative estimate of drug-likeness (QED) is 0.757. The monoisotopic (exact) mass is 246 g/mol. The SMILES string of the molecule is Clc1cc(Cl)c(-c2ccn[nH]2)cc1Cl. The number of H-pyrrole nitrogens is 1. The average molecular weight is 248 g/mol. The first-order valence-electron chi connectivity index (χ1n) is 3.83. The van der Waals surface area contributed by atoms with Crippen molar-refractivity contribution in [3.63, 3.8) is 0 Å². The lowest BCUT2D eigenvalue weighted by atomic mass is 10.1.